The summed E-state index contributed by atoms with van der Waals surface area (Å²) in [6.45, 7) is 8.81. The van der Waals surface area contributed by atoms with Gasteiger partial charge in [-0.05, 0) is 55.8 Å². The van der Waals surface area contributed by atoms with Crippen molar-refractivity contribution < 1.29 is 27.5 Å². The fourth-order valence-corrected chi connectivity index (χ4v) is 3.77. The second-order valence-corrected chi connectivity index (χ2v) is 9.44. The highest BCUT2D eigenvalue weighted by Gasteiger charge is 2.24. The third-order valence-electron chi connectivity index (χ3n) is 4.30. The molecule has 2 aromatic rings. The van der Waals surface area contributed by atoms with E-state index in [0.29, 0.717) is 23.6 Å². The monoisotopic (exact) mass is 433 g/mol. The van der Waals surface area contributed by atoms with E-state index >= 15 is 0 Å². The molecule has 0 heterocycles. The van der Waals surface area contributed by atoms with Gasteiger partial charge in [-0.1, -0.05) is 26.8 Å². The van der Waals surface area contributed by atoms with Gasteiger partial charge in [-0.2, -0.15) is 0 Å². The first-order valence-corrected chi connectivity index (χ1v) is 11.0. The van der Waals surface area contributed by atoms with Crippen LogP contribution in [0.15, 0.2) is 47.4 Å². The van der Waals surface area contributed by atoms with E-state index in [0.717, 1.165) is 0 Å². The number of ketones is 1. The third kappa shape index (κ3) is 6.06. The Morgan fingerprint density at radius 1 is 1.03 bits per heavy atom. The largest absolute Gasteiger partial charge is 0.494 e. The molecule has 0 fully saturated rings. The summed E-state index contributed by atoms with van der Waals surface area (Å²) in [4.78, 5) is 24.2. The third-order valence-corrected chi connectivity index (χ3v) is 5.83. The van der Waals surface area contributed by atoms with Crippen molar-refractivity contribution in [1.29, 1.82) is 0 Å². The molecule has 0 saturated heterocycles. The summed E-state index contributed by atoms with van der Waals surface area (Å²) in [7, 11) is -3.95. The van der Waals surface area contributed by atoms with Gasteiger partial charge in [0.05, 0.1) is 17.1 Å². The summed E-state index contributed by atoms with van der Waals surface area (Å²) in [6.07, 6.45) is 0. The average molecular weight is 434 g/mol. The molecule has 0 aromatic heterocycles. The molecule has 0 bridgehead atoms. The molecule has 8 heteroatoms. The number of rotatable bonds is 8. The van der Waals surface area contributed by atoms with E-state index in [1.165, 1.54) is 18.2 Å². The van der Waals surface area contributed by atoms with E-state index in [1.54, 1.807) is 52.0 Å². The summed E-state index contributed by atoms with van der Waals surface area (Å²) < 4.78 is 38.6. The normalized spacial score (nSPS) is 11.6. The smallest absolute Gasteiger partial charge is 0.338 e. The Kier molecular flexibility index (Phi) is 7.25. The van der Waals surface area contributed by atoms with Gasteiger partial charge in [0.15, 0.2) is 12.4 Å². The van der Waals surface area contributed by atoms with Crippen LogP contribution in [0.5, 0.6) is 5.75 Å². The Labute approximate surface area is 177 Å². The van der Waals surface area contributed by atoms with Crippen molar-refractivity contribution in [3.05, 3.63) is 53.6 Å². The molecular weight excluding hydrogens is 406 g/mol. The topological polar surface area (TPSA) is 98.8 Å². The minimum absolute atomic E-state index is 0.0482. The van der Waals surface area contributed by atoms with Crippen LogP contribution >= 0.6 is 0 Å². The molecule has 30 heavy (non-hydrogen) atoms. The first-order valence-electron chi connectivity index (χ1n) is 9.51. The van der Waals surface area contributed by atoms with Gasteiger partial charge < -0.3 is 9.47 Å². The van der Waals surface area contributed by atoms with Crippen molar-refractivity contribution in [2.45, 2.75) is 39.5 Å². The standard InChI is InChI=1S/C22H27NO6S/c1-6-28-18-11-9-17(10-12-18)23-30(26,27)19-13-16(8-7-15(19)2)21(25)29-14-20(24)22(3,4)5/h7-13,23H,6,14H2,1-5H3. The molecule has 0 spiro atoms. The predicted octanol–water partition coefficient (Wildman–Crippen LogP) is 3.97. The molecule has 0 aliphatic heterocycles. The number of hydrogen-bond acceptors (Lipinski definition) is 6. The summed E-state index contributed by atoms with van der Waals surface area (Å²) in [5.41, 5.74) is 0.246. The molecule has 0 saturated carbocycles. The van der Waals surface area contributed by atoms with E-state index in [9.17, 15) is 18.0 Å². The maximum Gasteiger partial charge on any atom is 0.338 e. The summed E-state index contributed by atoms with van der Waals surface area (Å²) in [5.74, 6) is -0.357. The van der Waals surface area contributed by atoms with Gasteiger partial charge >= 0.3 is 5.97 Å². The molecule has 162 valence electrons. The van der Waals surface area contributed by atoms with Crippen LogP contribution in [0.2, 0.25) is 0 Å². The van der Waals surface area contributed by atoms with Gasteiger partial charge in [0, 0.05) is 11.1 Å². The van der Waals surface area contributed by atoms with E-state index < -0.39 is 21.4 Å². The van der Waals surface area contributed by atoms with Crippen LogP contribution in [0, 0.1) is 12.3 Å². The van der Waals surface area contributed by atoms with E-state index in [1.807, 2.05) is 6.92 Å². The van der Waals surface area contributed by atoms with Crippen LogP contribution in [-0.4, -0.2) is 33.4 Å². The minimum Gasteiger partial charge on any atom is -0.494 e. The zero-order valence-electron chi connectivity index (χ0n) is 17.8. The average Bonchev–Trinajstić information content (AvgIpc) is 2.66. The van der Waals surface area contributed by atoms with Gasteiger partial charge in [0.2, 0.25) is 0 Å². The lowest BCUT2D eigenvalue weighted by atomic mass is 9.91. The Hall–Kier alpha value is -2.87. The lowest BCUT2D eigenvalue weighted by Crippen LogP contribution is -2.26. The van der Waals surface area contributed by atoms with Gasteiger partial charge in [0.25, 0.3) is 10.0 Å². The molecule has 2 aromatic carbocycles. The van der Waals surface area contributed by atoms with Crippen LogP contribution in [0.1, 0.15) is 43.6 Å². The highest BCUT2D eigenvalue weighted by Crippen LogP contribution is 2.23. The number of esters is 1. The minimum atomic E-state index is -3.95. The number of carbonyl (C=O) groups excluding carboxylic acids is 2. The molecule has 0 amide bonds. The zero-order valence-corrected chi connectivity index (χ0v) is 18.6. The van der Waals surface area contributed by atoms with Crippen LogP contribution in [0.25, 0.3) is 0 Å². The predicted molar refractivity (Wildman–Crippen MR) is 114 cm³/mol. The van der Waals surface area contributed by atoms with Crippen molar-refractivity contribution in [1.82, 2.24) is 0 Å². The number of sulfonamides is 1. The molecule has 2 rings (SSSR count). The van der Waals surface area contributed by atoms with Crippen molar-refractivity contribution in [3.63, 3.8) is 0 Å². The van der Waals surface area contributed by atoms with E-state index in [2.05, 4.69) is 4.72 Å². The van der Waals surface area contributed by atoms with Gasteiger partial charge in [0.1, 0.15) is 5.75 Å². The lowest BCUT2D eigenvalue weighted by molar-refractivity contribution is -0.129. The number of nitrogens with one attached hydrogen (secondary N) is 1. The number of anilines is 1. The number of Topliss-reactive ketones (excluding diaryl/α,β-unsaturated/α-hetero) is 1. The van der Waals surface area contributed by atoms with Crippen LogP contribution in [-0.2, 0) is 19.6 Å². The first-order chi connectivity index (χ1) is 13.9. The quantitative estimate of drug-likeness (QED) is 0.633. The Balaban J connectivity index is 2.20. The van der Waals surface area contributed by atoms with Crippen LogP contribution in [0.3, 0.4) is 0 Å². The summed E-state index contributed by atoms with van der Waals surface area (Å²) in [6, 6.07) is 10.7. The van der Waals surface area contributed by atoms with Crippen molar-refractivity contribution in [2.75, 3.05) is 17.9 Å². The fraction of sp³-hybridized carbons (Fsp3) is 0.364. The van der Waals surface area contributed by atoms with Crippen molar-refractivity contribution in [3.8, 4) is 5.75 Å². The van der Waals surface area contributed by atoms with Gasteiger partial charge in [-0.25, -0.2) is 13.2 Å². The SMILES string of the molecule is CCOc1ccc(NS(=O)(=O)c2cc(C(=O)OCC(=O)C(C)(C)C)ccc2C)cc1. The van der Waals surface area contributed by atoms with Crippen molar-refractivity contribution >= 4 is 27.5 Å². The number of benzene rings is 2. The zero-order chi connectivity index (χ0) is 22.5. The number of aryl methyl sites for hydroxylation is 1. The molecule has 1 N–H and O–H groups in total. The highest BCUT2D eigenvalue weighted by molar-refractivity contribution is 7.92. The number of hydrogen-bond donors (Lipinski definition) is 1. The second kappa shape index (κ2) is 9.30. The maximum atomic E-state index is 12.9. The molecular formula is C22H27NO6S. The first kappa shape index (κ1) is 23.4. The summed E-state index contributed by atoms with van der Waals surface area (Å²) >= 11 is 0. The van der Waals surface area contributed by atoms with Gasteiger partial charge in [-0.15, -0.1) is 0 Å². The Morgan fingerprint density at radius 2 is 1.67 bits per heavy atom. The molecule has 0 aliphatic carbocycles. The fourth-order valence-electron chi connectivity index (χ4n) is 2.44. The summed E-state index contributed by atoms with van der Waals surface area (Å²) in [5, 5.41) is 0. The van der Waals surface area contributed by atoms with E-state index in [-0.39, 0.29) is 22.8 Å². The number of carbonyl (C=O) groups is 2. The van der Waals surface area contributed by atoms with Gasteiger partial charge in [-0.3, -0.25) is 9.52 Å². The second-order valence-electron chi connectivity index (χ2n) is 7.79. The van der Waals surface area contributed by atoms with Crippen molar-refractivity contribution in [2.24, 2.45) is 5.41 Å². The molecule has 0 atom stereocenters. The Morgan fingerprint density at radius 3 is 2.23 bits per heavy atom. The molecule has 7 nitrogen and oxygen atoms in total. The maximum absolute atomic E-state index is 12.9. The molecule has 0 radical (unpaired) electrons. The van der Waals surface area contributed by atoms with E-state index in [4.69, 9.17) is 9.47 Å². The van der Waals surface area contributed by atoms with Crippen LogP contribution in [0.4, 0.5) is 5.69 Å². The molecule has 0 unspecified atom stereocenters. The van der Waals surface area contributed by atoms with Crippen LogP contribution < -0.4 is 9.46 Å². The molecule has 0 aliphatic rings. The Bertz CT molecular complexity index is 1020. The number of ether oxygens (including phenoxy) is 2. The highest BCUT2D eigenvalue weighted by atomic mass is 32.2. The lowest BCUT2D eigenvalue weighted by Gasteiger charge is -2.16.